The van der Waals surface area contributed by atoms with E-state index in [0.717, 1.165) is 62.6 Å². The number of hydrogen-bond acceptors (Lipinski definition) is 4. The van der Waals surface area contributed by atoms with Gasteiger partial charge in [0.05, 0.1) is 18.8 Å². The van der Waals surface area contributed by atoms with Gasteiger partial charge in [-0.15, -0.1) is 0 Å². The first-order valence-corrected chi connectivity index (χ1v) is 10.9. The summed E-state index contributed by atoms with van der Waals surface area (Å²) in [5.41, 5.74) is 7.93. The van der Waals surface area contributed by atoms with Crippen molar-refractivity contribution < 1.29 is 4.57 Å². The number of hydrogen-bond donors (Lipinski definition) is 3. The second kappa shape index (κ2) is 14.1. The number of nitrogens with zero attached hydrogens (tertiary/aromatic N) is 2. The van der Waals surface area contributed by atoms with Crippen LogP contribution in [0.5, 0.6) is 0 Å². The lowest BCUT2D eigenvalue weighted by Gasteiger charge is -2.17. The third kappa shape index (κ3) is 8.07. The smallest absolute Gasteiger partial charge is 0.241 e. The van der Waals surface area contributed by atoms with E-state index >= 15 is 0 Å². The summed E-state index contributed by atoms with van der Waals surface area (Å²) < 4.78 is 2.09. The van der Waals surface area contributed by atoms with Crippen molar-refractivity contribution in [2.24, 2.45) is 0 Å². The van der Waals surface area contributed by atoms with Gasteiger partial charge in [-0.05, 0) is 19.3 Å². The van der Waals surface area contributed by atoms with E-state index < -0.39 is 0 Å². The fraction of sp³-hybridized carbons (Fsp3) is 0.727. The molecule has 4 N–H and O–H groups in total. The molecule has 1 rings (SSSR count). The predicted molar refractivity (Wildman–Crippen MR) is 116 cm³/mol. The van der Waals surface area contributed by atoms with Gasteiger partial charge < -0.3 is 16.4 Å². The third-order valence-corrected chi connectivity index (χ3v) is 4.90. The first-order valence-electron chi connectivity index (χ1n) is 10.9. The van der Waals surface area contributed by atoms with Crippen LogP contribution in [0.4, 0.5) is 17.3 Å². The molecule has 0 amide bonds. The molecule has 0 unspecified atom stereocenters. The number of nitrogen functional groups attached to an aromatic ring is 1. The van der Waals surface area contributed by atoms with Crippen LogP contribution in [0.15, 0.2) is 6.07 Å². The normalized spacial score (nSPS) is 10.6. The Morgan fingerprint density at radius 3 is 2.15 bits per heavy atom. The third-order valence-electron chi connectivity index (χ3n) is 4.90. The van der Waals surface area contributed by atoms with E-state index in [4.69, 9.17) is 5.73 Å². The number of pyridine rings is 1. The van der Waals surface area contributed by atoms with Crippen molar-refractivity contribution >= 4 is 17.3 Å². The van der Waals surface area contributed by atoms with Crippen LogP contribution in [0.3, 0.4) is 0 Å². The maximum atomic E-state index is 9.84. The highest BCUT2D eigenvalue weighted by atomic mass is 15.2. The van der Waals surface area contributed by atoms with Gasteiger partial charge in [-0.2, -0.15) is 5.26 Å². The number of unbranched alkanes of at least 4 members (excludes halogenated alkanes) is 7. The van der Waals surface area contributed by atoms with Crippen LogP contribution in [0.25, 0.3) is 0 Å². The largest absolute Gasteiger partial charge is 0.384 e. The molecule has 0 aliphatic carbocycles. The zero-order valence-corrected chi connectivity index (χ0v) is 17.7. The molecule has 152 valence electrons. The number of nitrogens with two attached hydrogens (primary N) is 1. The Balaban J connectivity index is 2.98. The molecule has 5 heteroatoms. The van der Waals surface area contributed by atoms with Crippen molar-refractivity contribution in [1.82, 2.24) is 0 Å². The molecule has 0 saturated heterocycles. The van der Waals surface area contributed by atoms with Crippen molar-refractivity contribution in [2.75, 3.05) is 29.5 Å². The molecule has 27 heavy (non-hydrogen) atoms. The molecule has 0 aliphatic heterocycles. The topological polar surface area (TPSA) is 77.8 Å². The number of nitrogens with one attached hydrogen (secondary N) is 2. The molecule has 0 saturated carbocycles. The Hall–Kier alpha value is -1.96. The van der Waals surface area contributed by atoms with Gasteiger partial charge in [-0.3, -0.25) is 0 Å². The predicted octanol–water partition coefficient (Wildman–Crippen LogP) is 5.21. The van der Waals surface area contributed by atoms with Gasteiger partial charge in [0.2, 0.25) is 11.6 Å². The number of aromatic nitrogens is 1. The average molecular weight is 375 g/mol. The molecule has 0 atom stereocenters. The van der Waals surface area contributed by atoms with Gasteiger partial charge in [0, 0.05) is 12.6 Å². The molecule has 0 aromatic carbocycles. The highest BCUT2D eigenvalue weighted by molar-refractivity contribution is 5.68. The summed E-state index contributed by atoms with van der Waals surface area (Å²) in [6, 6.07) is 4.34. The Morgan fingerprint density at radius 2 is 1.52 bits per heavy atom. The summed E-state index contributed by atoms with van der Waals surface area (Å²) in [6.07, 6.45) is 11.7. The van der Waals surface area contributed by atoms with Gasteiger partial charge in [0.15, 0.2) is 0 Å². The summed E-state index contributed by atoms with van der Waals surface area (Å²) in [7, 11) is 0. The van der Waals surface area contributed by atoms with Crippen LogP contribution in [0.2, 0.25) is 0 Å². The van der Waals surface area contributed by atoms with Crippen LogP contribution < -0.4 is 20.9 Å². The quantitative estimate of drug-likeness (QED) is 0.291. The molecule has 1 aromatic rings. The van der Waals surface area contributed by atoms with Crippen molar-refractivity contribution in [2.45, 2.75) is 91.5 Å². The summed E-state index contributed by atoms with van der Waals surface area (Å²) in [4.78, 5) is 0. The van der Waals surface area contributed by atoms with Gasteiger partial charge >= 0.3 is 0 Å². The second-order valence-corrected chi connectivity index (χ2v) is 7.30. The SMILES string of the molecule is CCCCCCNc1cc(N)[n+](CCCCCC)c(NCCCC)c1C#N. The van der Waals surface area contributed by atoms with E-state index in [1.807, 2.05) is 6.07 Å². The minimum atomic E-state index is 0.686. The lowest BCUT2D eigenvalue weighted by molar-refractivity contribution is -0.669. The molecule has 1 heterocycles. The number of anilines is 3. The fourth-order valence-corrected chi connectivity index (χ4v) is 3.22. The first kappa shape index (κ1) is 23.1. The van der Waals surface area contributed by atoms with Gasteiger partial charge in [-0.25, -0.2) is 4.57 Å². The molecule has 1 aromatic heterocycles. The van der Waals surface area contributed by atoms with Crippen molar-refractivity contribution in [3.05, 3.63) is 11.6 Å². The van der Waals surface area contributed by atoms with Gasteiger partial charge in [-0.1, -0.05) is 65.7 Å². The molecule has 0 spiro atoms. The molecule has 0 bridgehead atoms. The highest BCUT2D eigenvalue weighted by Gasteiger charge is 2.20. The van der Waals surface area contributed by atoms with Gasteiger partial charge in [0.1, 0.15) is 11.6 Å². The summed E-state index contributed by atoms with van der Waals surface area (Å²) in [5, 5.41) is 16.8. The Kier molecular flexibility index (Phi) is 12.1. The van der Waals surface area contributed by atoms with E-state index in [1.54, 1.807) is 0 Å². The summed E-state index contributed by atoms with van der Waals surface area (Å²) in [6.45, 7) is 9.20. The lowest BCUT2D eigenvalue weighted by atomic mass is 10.1. The first-order chi connectivity index (χ1) is 13.2. The second-order valence-electron chi connectivity index (χ2n) is 7.30. The minimum Gasteiger partial charge on any atom is -0.384 e. The van der Waals surface area contributed by atoms with Crippen molar-refractivity contribution in [1.29, 1.82) is 5.26 Å². The van der Waals surface area contributed by atoms with Crippen LogP contribution >= 0.6 is 0 Å². The highest BCUT2D eigenvalue weighted by Crippen LogP contribution is 2.24. The zero-order chi connectivity index (χ0) is 19.9. The van der Waals surface area contributed by atoms with Crippen molar-refractivity contribution in [3.8, 4) is 6.07 Å². The minimum absolute atomic E-state index is 0.686. The van der Waals surface area contributed by atoms with Crippen LogP contribution in [-0.4, -0.2) is 13.1 Å². The van der Waals surface area contributed by atoms with E-state index in [0.29, 0.717) is 5.56 Å². The van der Waals surface area contributed by atoms with Crippen molar-refractivity contribution in [3.63, 3.8) is 0 Å². The maximum absolute atomic E-state index is 9.84. The zero-order valence-electron chi connectivity index (χ0n) is 17.7. The number of nitriles is 1. The standard InChI is InChI=1S/C22H39N5/c1-4-7-10-12-15-25-20-17-21(24)27(16-13-11-8-5-2)22(19(20)18-23)26-14-9-6-3/h17H,4-16H2,1-3H3,(H3,24,25,26)/p+1. The average Bonchev–Trinajstić information content (AvgIpc) is 2.67. The van der Waals surface area contributed by atoms with Crippen LogP contribution in [0.1, 0.15) is 90.5 Å². The van der Waals surface area contributed by atoms with E-state index in [2.05, 4.69) is 42.0 Å². The Labute approximate surface area is 166 Å². The Bertz CT molecular complexity index is 577. The molecule has 5 nitrogen and oxygen atoms in total. The molecule has 0 fully saturated rings. The monoisotopic (exact) mass is 374 g/mol. The molecule has 0 aliphatic rings. The fourth-order valence-electron chi connectivity index (χ4n) is 3.22. The van der Waals surface area contributed by atoms with E-state index in [1.165, 1.54) is 38.5 Å². The van der Waals surface area contributed by atoms with Crippen LogP contribution in [0, 0.1) is 11.3 Å². The van der Waals surface area contributed by atoms with E-state index in [9.17, 15) is 5.26 Å². The van der Waals surface area contributed by atoms with Gasteiger partial charge in [0.25, 0.3) is 0 Å². The lowest BCUT2D eigenvalue weighted by Crippen LogP contribution is -2.41. The molecule has 0 radical (unpaired) electrons. The molecular weight excluding hydrogens is 334 g/mol. The Morgan fingerprint density at radius 1 is 0.889 bits per heavy atom. The number of rotatable bonds is 15. The molecular formula is C22H40N5+. The summed E-state index contributed by atoms with van der Waals surface area (Å²) in [5.74, 6) is 1.60. The van der Waals surface area contributed by atoms with Crippen LogP contribution in [-0.2, 0) is 6.54 Å². The van der Waals surface area contributed by atoms with E-state index in [-0.39, 0.29) is 0 Å². The maximum Gasteiger partial charge on any atom is 0.241 e. The summed E-state index contributed by atoms with van der Waals surface area (Å²) >= 11 is 0.